The van der Waals surface area contributed by atoms with Crippen LogP contribution in [0.4, 0.5) is 0 Å². The van der Waals surface area contributed by atoms with Gasteiger partial charge in [-0.15, -0.1) is 11.3 Å². The lowest BCUT2D eigenvalue weighted by Crippen LogP contribution is -2.45. The Morgan fingerprint density at radius 1 is 1.26 bits per heavy atom. The molecule has 1 aromatic heterocycles. The Morgan fingerprint density at radius 3 is 2.53 bits per heavy atom. The van der Waals surface area contributed by atoms with Crippen LogP contribution in [0.5, 0.6) is 0 Å². The third-order valence-electron chi connectivity index (χ3n) is 4.21. The van der Waals surface area contributed by atoms with E-state index < -0.39 is 0 Å². The molecule has 2 saturated heterocycles. The average molecular weight is 279 g/mol. The van der Waals surface area contributed by atoms with Crippen LogP contribution in [0.25, 0.3) is 0 Å². The number of hydrogen-bond acceptors (Lipinski definition) is 4. The molecule has 0 saturated carbocycles. The molecule has 0 aromatic carbocycles. The molecule has 0 radical (unpaired) electrons. The molecule has 19 heavy (non-hydrogen) atoms. The fourth-order valence-corrected chi connectivity index (χ4v) is 3.86. The first-order chi connectivity index (χ1) is 9.24. The SMILES string of the molecule is Cc1cnc(C(=O)N2CCC(N3CCCC3)CC2)s1. The van der Waals surface area contributed by atoms with Crippen molar-refractivity contribution in [3.8, 4) is 0 Å². The van der Waals surface area contributed by atoms with Crippen LogP contribution in [-0.2, 0) is 0 Å². The van der Waals surface area contributed by atoms with Gasteiger partial charge in [0.05, 0.1) is 0 Å². The molecule has 1 aromatic rings. The lowest BCUT2D eigenvalue weighted by atomic mass is 10.0. The number of likely N-dealkylation sites (tertiary alicyclic amines) is 2. The van der Waals surface area contributed by atoms with Crippen molar-refractivity contribution in [2.24, 2.45) is 0 Å². The minimum atomic E-state index is 0.123. The smallest absolute Gasteiger partial charge is 0.282 e. The first-order valence-electron chi connectivity index (χ1n) is 7.20. The molecule has 0 atom stereocenters. The van der Waals surface area contributed by atoms with Gasteiger partial charge in [0, 0.05) is 30.2 Å². The van der Waals surface area contributed by atoms with Crippen LogP contribution in [0.3, 0.4) is 0 Å². The highest BCUT2D eigenvalue weighted by Crippen LogP contribution is 2.23. The summed E-state index contributed by atoms with van der Waals surface area (Å²) >= 11 is 1.50. The fraction of sp³-hybridized carbons (Fsp3) is 0.714. The highest BCUT2D eigenvalue weighted by Gasteiger charge is 2.29. The van der Waals surface area contributed by atoms with Crippen molar-refractivity contribution in [1.29, 1.82) is 0 Å². The summed E-state index contributed by atoms with van der Waals surface area (Å²) < 4.78 is 0. The van der Waals surface area contributed by atoms with Crippen LogP contribution in [0, 0.1) is 6.92 Å². The Morgan fingerprint density at radius 2 is 1.95 bits per heavy atom. The molecule has 2 aliphatic rings. The van der Waals surface area contributed by atoms with Gasteiger partial charge in [-0.1, -0.05) is 0 Å². The molecular weight excluding hydrogens is 258 g/mol. The van der Waals surface area contributed by atoms with E-state index in [4.69, 9.17) is 0 Å². The molecule has 4 nitrogen and oxygen atoms in total. The number of hydrogen-bond donors (Lipinski definition) is 0. The van der Waals surface area contributed by atoms with Crippen molar-refractivity contribution in [3.63, 3.8) is 0 Å². The molecule has 1 amide bonds. The monoisotopic (exact) mass is 279 g/mol. The number of amides is 1. The fourth-order valence-electron chi connectivity index (χ4n) is 3.13. The Hall–Kier alpha value is -0.940. The number of aryl methyl sites for hydroxylation is 1. The molecular formula is C14H21N3OS. The van der Waals surface area contributed by atoms with E-state index in [1.807, 2.05) is 11.8 Å². The molecule has 0 aliphatic carbocycles. The quantitative estimate of drug-likeness (QED) is 0.832. The van der Waals surface area contributed by atoms with Crippen LogP contribution in [-0.4, -0.2) is 52.9 Å². The molecule has 3 heterocycles. The Balaban J connectivity index is 1.56. The predicted octanol–water partition coefficient (Wildman–Crippen LogP) is 2.15. The average Bonchev–Trinajstić information content (AvgIpc) is 3.09. The highest BCUT2D eigenvalue weighted by molar-refractivity contribution is 7.13. The van der Waals surface area contributed by atoms with Gasteiger partial charge >= 0.3 is 0 Å². The molecule has 2 fully saturated rings. The van der Waals surface area contributed by atoms with Crippen molar-refractivity contribution in [2.45, 2.75) is 38.6 Å². The summed E-state index contributed by atoms with van der Waals surface area (Å²) in [6.07, 6.45) is 6.72. The van der Waals surface area contributed by atoms with Gasteiger partial charge in [0.2, 0.25) is 0 Å². The standard InChI is InChI=1S/C14H21N3OS/c1-11-10-15-13(19-11)14(18)17-8-4-12(5-9-17)16-6-2-3-7-16/h10,12H,2-9H2,1H3. The summed E-state index contributed by atoms with van der Waals surface area (Å²) in [5, 5.41) is 0.650. The number of carbonyl (C=O) groups excluding carboxylic acids is 1. The zero-order chi connectivity index (χ0) is 13.2. The van der Waals surface area contributed by atoms with Crippen LogP contribution < -0.4 is 0 Å². The zero-order valence-electron chi connectivity index (χ0n) is 11.5. The summed E-state index contributed by atoms with van der Waals surface area (Å²) in [7, 11) is 0. The molecule has 104 valence electrons. The van der Waals surface area contributed by atoms with Crippen LogP contribution in [0.2, 0.25) is 0 Å². The summed E-state index contributed by atoms with van der Waals surface area (Å²) in [6, 6.07) is 0.699. The number of thiazole rings is 1. The van der Waals surface area contributed by atoms with Gasteiger partial charge in [-0.2, -0.15) is 0 Å². The lowest BCUT2D eigenvalue weighted by molar-refractivity contribution is 0.0644. The van der Waals surface area contributed by atoms with E-state index in [2.05, 4.69) is 9.88 Å². The highest BCUT2D eigenvalue weighted by atomic mass is 32.1. The van der Waals surface area contributed by atoms with E-state index in [1.165, 1.54) is 37.3 Å². The first-order valence-corrected chi connectivity index (χ1v) is 8.01. The van der Waals surface area contributed by atoms with Crippen molar-refractivity contribution in [3.05, 3.63) is 16.1 Å². The molecule has 0 spiro atoms. The zero-order valence-corrected chi connectivity index (χ0v) is 12.3. The number of rotatable bonds is 2. The summed E-state index contributed by atoms with van der Waals surface area (Å²) in [6.45, 7) is 6.28. The topological polar surface area (TPSA) is 36.4 Å². The molecule has 2 aliphatic heterocycles. The largest absolute Gasteiger partial charge is 0.336 e. The van der Waals surface area contributed by atoms with Crippen molar-refractivity contribution in [1.82, 2.24) is 14.8 Å². The second kappa shape index (κ2) is 5.59. The first kappa shape index (κ1) is 13.1. The van der Waals surface area contributed by atoms with Crippen LogP contribution >= 0.6 is 11.3 Å². The normalized spacial score (nSPS) is 22.1. The van der Waals surface area contributed by atoms with Gasteiger partial charge in [0.15, 0.2) is 5.01 Å². The minimum Gasteiger partial charge on any atom is -0.336 e. The van der Waals surface area contributed by atoms with Crippen LogP contribution in [0.1, 0.15) is 40.4 Å². The lowest BCUT2D eigenvalue weighted by Gasteiger charge is -2.36. The van der Waals surface area contributed by atoms with Crippen molar-refractivity contribution < 1.29 is 4.79 Å². The maximum absolute atomic E-state index is 12.3. The number of piperidine rings is 1. The van der Waals surface area contributed by atoms with E-state index in [9.17, 15) is 4.79 Å². The maximum Gasteiger partial charge on any atom is 0.282 e. The van der Waals surface area contributed by atoms with E-state index in [1.54, 1.807) is 6.20 Å². The van der Waals surface area contributed by atoms with E-state index in [-0.39, 0.29) is 5.91 Å². The molecule has 5 heteroatoms. The predicted molar refractivity (Wildman–Crippen MR) is 76.6 cm³/mol. The van der Waals surface area contributed by atoms with Crippen molar-refractivity contribution >= 4 is 17.2 Å². The van der Waals surface area contributed by atoms with Gasteiger partial charge < -0.3 is 9.80 Å². The Kier molecular flexibility index (Phi) is 3.84. The van der Waals surface area contributed by atoms with Gasteiger partial charge in [0.25, 0.3) is 5.91 Å². The number of nitrogens with zero attached hydrogens (tertiary/aromatic N) is 3. The van der Waals surface area contributed by atoms with Gasteiger partial charge in [-0.05, 0) is 45.7 Å². The van der Waals surface area contributed by atoms with Gasteiger partial charge in [0.1, 0.15) is 0 Å². The maximum atomic E-state index is 12.3. The second-order valence-electron chi connectivity index (χ2n) is 5.54. The summed E-state index contributed by atoms with van der Waals surface area (Å²) in [5.74, 6) is 0.123. The summed E-state index contributed by atoms with van der Waals surface area (Å²) in [4.78, 5) is 22.2. The van der Waals surface area contributed by atoms with E-state index in [0.29, 0.717) is 11.0 Å². The number of carbonyl (C=O) groups is 1. The van der Waals surface area contributed by atoms with Gasteiger partial charge in [-0.3, -0.25) is 4.79 Å². The molecule has 3 rings (SSSR count). The Bertz CT molecular complexity index is 445. The molecule has 0 unspecified atom stereocenters. The third-order valence-corrected chi connectivity index (χ3v) is 5.11. The van der Waals surface area contributed by atoms with Crippen molar-refractivity contribution in [2.75, 3.05) is 26.2 Å². The third kappa shape index (κ3) is 2.82. The Labute approximate surface area is 118 Å². The number of aromatic nitrogens is 1. The molecule has 0 bridgehead atoms. The molecule has 0 N–H and O–H groups in total. The van der Waals surface area contributed by atoms with Crippen LogP contribution in [0.15, 0.2) is 6.20 Å². The van der Waals surface area contributed by atoms with Gasteiger partial charge in [-0.25, -0.2) is 4.98 Å². The van der Waals surface area contributed by atoms with E-state index in [0.717, 1.165) is 30.8 Å². The summed E-state index contributed by atoms with van der Waals surface area (Å²) in [5.41, 5.74) is 0. The van der Waals surface area contributed by atoms with E-state index >= 15 is 0 Å². The minimum absolute atomic E-state index is 0.123. The second-order valence-corrected chi connectivity index (χ2v) is 6.78.